The summed E-state index contributed by atoms with van der Waals surface area (Å²) < 4.78 is 0. The number of hydrogen-bond acceptors (Lipinski definition) is 5. The molecule has 0 bridgehead atoms. The second-order valence-corrected chi connectivity index (χ2v) is 9.00. The van der Waals surface area contributed by atoms with Gasteiger partial charge in [-0.05, 0) is 56.8 Å². The van der Waals surface area contributed by atoms with Crippen LogP contribution in [0.25, 0.3) is 0 Å². The second-order valence-electron chi connectivity index (χ2n) is 9.00. The molecule has 2 saturated carbocycles. The van der Waals surface area contributed by atoms with Gasteiger partial charge in [0.2, 0.25) is 0 Å². The minimum atomic E-state index is 0.00533. The molecule has 2 N–H and O–H groups in total. The largest absolute Gasteiger partial charge is 0.392 e. The van der Waals surface area contributed by atoms with Gasteiger partial charge in [0.15, 0.2) is 5.96 Å². The minimum Gasteiger partial charge on any atom is -0.392 e. The van der Waals surface area contributed by atoms with Crippen molar-refractivity contribution in [2.45, 2.75) is 82.6 Å². The fourth-order valence-electron chi connectivity index (χ4n) is 5.29. The molecule has 2 aliphatic carbocycles. The predicted octanol–water partition coefficient (Wildman–Crippen LogP) is 4.48. The first-order valence-corrected chi connectivity index (χ1v) is 11.0. The van der Waals surface area contributed by atoms with Crippen molar-refractivity contribution in [1.82, 2.24) is 4.90 Å². The summed E-state index contributed by atoms with van der Waals surface area (Å²) >= 11 is 0. The molecule has 3 rings (SSSR count). The molecule has 5 heteroatoms. The van der Waals surface area contributed by atoms with Gasteiger partial charge in [0.25, 0.3) is 0 Å². The van der Waals surface area contributed by atoms with E-state index in [9.17, 15) is 0 Å². The van der Waals surface area contributed by atoms with E-state index in [0.29, 0.717) is 12.5 Å². The van der Waals surface area contributed by atoms with Gasteiger partial charge in [-0.15, -0.1) is 0 Å². The number of aliphatic imine (C=N–C) groups is 1. The number of guanidine groups is 1. The monoisotopic (exact) mass is 374 g/mol. The molecule has 0 aromatic rings. The molecule has 0 amide bonds. The van der Waals surface area contributed by atoms with Crippen LogP contribution in [-0.4, -0.2) is 42.3 Å². The summed E-state index contributed by atoms with van der Waals surface area (Å²) in [7, 11) is 2.08. The zero-order chi connectivity index (χ0) is 19.1. The summed E-state index contributed by atoms with van der Waals surface area (Å²) in [5, 5.41) is 4.34. The average Bonchev–Trinajstić information content (AvgIpc) is 2.95. The van der Waals surface area contributed by atoms with Gasteiger partial charge in [-0.2, -0.15) is 0 Å². The SMILES string of the molecule is C=CCON=C1CCC[C@@H](C[C@]2(CCC3CCCCC3)CN(C)C(N)=N2)C1. The minimum absolute atomic E-state index is 0.00533. The maximum absolute atomic E-state index is 6.20. The van der Waals surface area contributed by atoms with Crippen molar-refractivity contribution in [3.05, 3.63) is 12.7 Å². The Morgan fingerprint density at radius 3 is 2.74 bits per heavy atom. The van der Waals surface area contributed by atoms with Crippen molar-refractivity contribution in [2.75, 3.05) is 20.2 Å². The van der Waals surface area contributed by atoms with Gasteiger partial charge in [0.05, 0.1) is 11.3 Å². The third-order valence-electron chi connectivity index (χ3n) is 6.67. The molecule has 0 saturated heterocycles. The van der Waals surface area contributed by atoms with Crippen LogP contribution in [0.5, 0.6) is 0 Å². The van der Waals surface area contributed by atoms with Gasteiger partial charge in [-0.25, -0.2) is 4.99 Å². The molecule has 3 aliphatic rings. The van der Waals surface area contributed by atoms with E-state index in [1.54, 1.807) is 6.08 Å². The molecule has 0 radical (unpaired) electrons. The van der Waals surface area contributed by atoms with Crippen LogP contribution < -0.4 is 5.73 Å². The Bertz CT molecular complexity index is 553. The van der Waals surface area contributed by atoms with E-state index in [-0.39, 0.29) is 5.54 Å². The van der Waals surface area contributed by atoms with Crippen LogP contribution in [0.4, 0.5) is 0 Å². The topological polar surface area (TPSA) is 63.2 Å². The molecule has 0 aromatic heterocycles. The van der Waals surface area contributed by atoms with Crippen LogP contribution in [0, 0.1) is 11.8 Å². The molecule has 1 heterocycles. The lowest BCUT2D eigenvalue weighted by atomic mass is 9.75. The summed E-state index contributed by atoms with van der Waals surface area (Å²) in [6.07, 6.45) is 17.0. The smallest absolute Gasteiger partial charge is 0.191 e. The van der Waals surface area contributed by atoms with E-state index in [4.69, 9.17) is 15.6 Å². The number of nitrogens with zero attached hydrogens (tertiary/aromatic N) is 3. The molecule has 0 spiro atoms. The average molecular weight is 375 g/mol. The second kappa shape index (κ2) is 9.61. The number of hydrogen-bond donors (Lipinski definition) is 1. The molecule has 0 aromatic carbocycles. The maximum Gasteiger partial charge on any atom is 0.191 e. The number of nitrogens with two attached hydrogens (primary N) is 1. The van der Waals surface area contributed by atoms with Crippen molar-refractivity contribution in [3.63, 3.8) is 0 Å². The fraction of sp³-hybridized carbons (Fsp3) is 0.818. The number of likely N-dealkylation sites (N-methyl/N-ethyl adjacent to an activating group) is 1. The first kappa shape index (κ1) is 20.2. The summed E-state index contributed by atoms with van der Waals surface area (Å²) in [4.78, 5) is 12.5. The van der Waals surface area contributed by atoms with Crippen molar-refractivity contribution in [3.8, 4) is 0 Å². The van der Waals surface area contributed by atoms with E-state index in [1.807, 2.05) is 0 Å². The maximum atomic E-state index is 6.20. The highest BCUT2D eigenvalue weighted by molar-refractivity contribution is 5.85. The molecule has 5 nitrogen and oxygen atoms in total. The number of oxime groups is 1. The highest BCUT2D eigenvalue weighted by Crippen LogP contribution is 2.39. The molecule has 27 heavy (non-hydrogen) atoms. The molecule has 2 fully saturated rings. The first-order chi connectivity index (χ1) is 13.1. The number of rotatable bonds is 8. The van der Waals surface area contributed by atoms with E-state index in [2.05, 4.69) is 23.7 Å². The van der Waals surface area contributed by atoms with E-state index in [1.165, 1.54) is 63.5 Å². The lowest BCUT2D eigenvalue weighted by Gasteiger charge is -2.34. The van der Waals surface area contributed by atoms with E-state index >= 15 is 0 Å². The fourth-order valence-corrected chi connectivity index (χ4v) is 5.29. The van der Waals surface area contributed by atoms with Gasteiger partial charge in [-0.3, -0.25) is 0 Å². The van der Waals surface area contributed by atoms with Crippen molar-refractivity contribution in [2.24, 2.45) is 27.7 Å². The lowest BCUT2D eigenvalue weighted by Crippen LogP contribution is -2.38. The molecule has 0 unspecified atom stereocenters. The standard InChI is InChI=1S/C22H38N4O/c1-3-14-27-25-20-11-7-10-19(15-20)16-22(17-26(2)21(23)24-22)13-12-18-8-5-4-6-9-18/h3,18-19H,1,4-17H2,2H3,(H2,23,24)/t19-,22-/m1/s1. The normalized spacial score (nSPS) is 31.1. The predicted molar refractivity (Wildman–Crippen MR) is 113 cm³/mol. The van der Waals surface area contributed by atoms with Gasteiger partial charge < -0.3 is 15.5 Å². The summed E-state index contributed by atoms with van der Waals surface area (Å²) in [6, 6.07) is 0. The Kier molecular flexibility index (Phi) is 7.20. The molecule has 1 aliphatic heterocycles. The van der Waals surface area contributed by atoms with Gasteiger partial charge >= 0.3 is 0 Å². The highest BCUT2D eigenvalue weighted by atomic mass is 16.6. The lowest BCUT2D eigenvalue weighted by molar-refractivity contribution is 0.170. The Morgan fingerprint density at radius 2 is 2.04 bits per heavy atom. The van der Waals surface area contributed by atoms with E-state index < -0.39 is 0 Å². The third-order valence-corrected chi connectivity index (χ3v) is 6.67. The molecule has 2 atom stereocenters. The van der Waals surface area contributed by atoms with Crippen LogP contribution >= 0.6 is 0 Å². The highest BCUT2D eigenvalue weighted by Gasteiger charge is 2.40. The zero-order valence-corrected chi connectivity index (χ0v) is 17.2. The van der Waals surface area contributed by atoms with Gasteiger partial charge in [0, 0.05) is 13.6 Å². The summed E-state index contributed by atoms with van der Waals surface area (Å²) in [6.45, 7) is 5.15. The Morgan fingerprint density at radius 1 is 1.26 bits per heavy atom. The van der Waals surface area contributed by atoms with Crippen LogP contribution in [0.15, 0.2) is 22.8 Å². The Balaban J connectivity index is 1.61. The summed E-state index contributed by atoms with van der Waals surface area (Å²) in [5.41, 5.74) is 7.41. The van der Waals surface area contributed by atoms with Crippen LogP contribution in [0.3, 0.4) is 0 Å². The van der Waals surface area contributed by atoms with Crippen LogP contribution in [0.1, 0.15) is 77.0 Å². The van der Waals surface area contributed by atoms with Crippen molar-refractivity contribution < 1.29 is 4.84 Å². The van der Waals surface area contributed by atoms with E-state index in [0.717, 1.165) is 37.7 Å². The molecular formula is C22H38N4O. The Labute approximate surface area is 165 Å². The molecular weight excluding hydrogens is 336 g/mol. The quantitative estimate of drug-likeness (QED) is 0.387. The first-order valence-electron chi connectivity index (χ1n) is 11.0. The molecule has 152 valence electrons. The van der Waals surface area contributed by atoms with Gasteiger partial charge in [0.1, 0.15) is 6.61 Å². The van der Waals surface area contributed by atoms with Crippen molar-refractivity contribution >= 4 is 11.7 Å². The van der Waals surface area contributed by atoms with Gasteiger partial charge in [-0.1, -0.05) is 49.9 Å². The third kappa shape index (κ3) is 5.73. The Hall–Kier alpha value is -1.52. The van der Waals surface area contributed by atoms with Crippen molar-refractivity contribution in [1.29, 1.82) is 0 Å². The van der Waals surface area contributed by atoms with Crippen LogP contribution in [0.2, 0.25) is 0 Å². The summed E-state index contributed by atoms with van der Waals surface area (Å²) in [5.74, 6) is 2.26. The van der Waals surface area contributed by atoms with Crippen LogP contribution in [-0.2, 0) is 4.84 Å². The zero-order valence-electron chi connectivity index (χ0n) is 17.2.